The van der Waals surface area contributed by atoms with E-state index >= 15 is 0 Å². The lowest BCUT2D eigenvalue weighted by Crippen LogP contribution is -2.38. The molecule has 2 aliphatic carbocycles. The molecule has 0 radical (unpaired) electrons. The van der Waals surface area contributed by atoms with Crippen LogP contribution >= 0.6 is 11.6 Å². The number of halogens is 1. The minimum atomic E-state index is -0.0156. The van der Waals surface area contributed by atoms with Crippen LogP contribution in [0.1, 0.15) is 36.0 Å². The van der Waals surface area contributed by atoms with E-state index in [9.17, 15) is 4.79 Å². The quantitative estimate of drug-likeness (QED) is 0.835. The average Bonchev–Trinajstić information content (AvgIpc) is 3.16. The first-order chi connectivity index (χ1) is 8.24. The van der Waals surface area contributed by atoms with Crippen molar-refractivity contribution in [3.05, 3.63) is 29.0 Å². The summed E-state index contributed by atoms with van der Waals surface area (Å²) < 4.78 is 0. The van der Waals surface area contributed by atoms with Gasteiger partial charge in [-0.05, 0) is 49.7 Å². The SMILES string of the molecule is O=C(NC(C1CC1)C1CC1)c1ccnc(Cl)c1. The van der Waals surface area contributed by atoms with Gasteiger partial charge in [0.2, 0.25) is 0 Å². The van der Waals surface area contributed by atoms with E-state index in [2.05, 4.69) is 10.3 Å². The first-order valence-electron chi connectivity index (χ1n) is 6.16. The number of nitrogens with zero attached hydrogens (tertiary/aromatic N) is 1. The number of carbonyl (C=O) groups excluding carboxylic acids is 1. The summed E-state index contributed by atoms with van der Waals surface area (Å²) in [5.41, 5.74) is 0.608. The Morgan fingerprint density at radius 3 is 2.53 bits per heavy atom. The van der Waals surface area contributed by atoms with Crippen LogP contribution in [0, 0.1) is 11.8 Å². The Labute approximate surface area is 106 Å². The number of pyridine rings is 1. The van der Waals surface area contributed by atoms with E-state index in [-0.39, 0.29) is 5.91 Å². The number of aromatic nitrogens is 1. The number of hydrogen-bond donors (Lipinski definition) is 1. The van der Waals surface area contributed by atoms with Crippen LogP contribution in [0.4, 0.5) is 0 Å². The molecule has 3 rings (SSSR count). The third-order valence-corrected chi connectivity index (χ3v) is 3.75. The first-order valence-corrected chi connectivity index (χ1v) is 6.54. The molecular weight excluding hydrogens is 236 g/mol. The Hall–Kier alpha value is -1.09. The summed E-state index contributed by atoms with van der Waals surface area (Å²) in [6.45, 7) is 0. The number of nitrogens with one attached hydrogen (secondary N) is 1. The van der Waals surface area contributed by atoms with Crippen molar-refractivity contribution in [2.75, 3.05) is 0 Å². The molecule has 2 fully saturated rings. The van der Waals surface area contributed by atoms with Gasteiger partial charge in [-0.1, -0.05) is 11.6 Å². The maximum absolute atomic E-state index is 12.1. The molecule has 0 atom stereocenters. The Morgan fingerprint density at radius 1 is 1.35 bits per heavy atom. The summed E-state index contributed by atoms with van der Waals surface area (Å²) in [5, 5.41) is 3.53. The standard InChI is InChI=1S/C13H15ClN2O/c14-11-7-10(5-6-15-11)13(17)16-12(8-1-2-8)9-3-4-9/h5-9,12H,1-4H2,(H,16,17). The monoisotopic (exact) mass is 250 g/mol. The van der Waals surface area contributed by atoms with Crippen LogP contribution in [-0.2, 0) is 0 Å². The molecule has 2 saturated carbocycles. The predicted octanol–water partition coefficient (Wildman–Crippen LogP) is 2.65. The predicted molar refractivity (Wildman–Crippen MR) is 65.9 cm³/mol. The van der Waals surface area contributed by atoms with Gasteiger partial charge in [-0.3, -0.25) is 4.79 Å². The second-order valence-corrected chi connectivity index (χ2v) is 5.43. The lowest BCUT2D eigenvalue weighted by Gasteiger charge is -2.17. The van der Waals surface area contributed by atoms with E-state index in [1.807, 2.05) is 0 Å². The lowest BCUT2D eigenvalue weighted by molar-refractivity contribution is 0.0926. The number of amides is 1. The smallest absolute Gasteiger partial charge is 0.251 e. The Balaban J connectivity index is 1.69. The number of carbonyl (C=O) groups is 1. The molecule has 0 saturated heterocycles. The molecule has 0 unspecified atom stereocenters. The van der Waals surface area contributed by atoms with Gasteiger partial charge in [-0.25, -0.2) is 4.98 Å². The van der Waals surface area contributed by atoms with E-state index in [0.717, 1.165) is 0 Å². The van der Waals surface area contributed by atoms with Gasteiger partial charge in [0.25, 0.3) is 5.91 Å². The first kappa shape index (κ1) is 11.0. The van der Waals surface area contributed by atoms with Crippen molar-refractivity contribution in [1.82, 2.24) is 10.3 Å². The third-order valence-electron chi connectivity index (χ3n) is 3.55. The third kappa shape index (κ3) is 2.60. The van der Waals surface area contributed by atoms with Gasteiger partial charge in [0.1, 0.15) is 5.15 Å². The topological polar surface area (TPSA) is 42.0 Å². The molecule has 1 heterocycles. The molecule has 2 aliphatic rings. The van der Waals surface area contributed by atoms with Crippen molar-refractivity contribution < 1.29 is 4.79 Å². The van der Waals surface area contributed by atoms with Crippen molar-refractivity contribution in [3.8, 4) is 0 Å². The van der Waals surface area contributed by atoms with Crippen molar-refractivity contribution in [2.45, 2.75) is 31.7 Å². The Bertz CT molecular complexity index is 429. The van der Waals surface area contributed by atoms with Crippen LogP contribution in [0.25, 0.3) is 0 Å². The van der Waals surface area contributed by atoms with Crippen LogP contribution in [-0.4, -0.2) is 16.9 Å². The molecule has 0 aliphatic heterocycles. The molecule has 0 bridgehead atoms. The second-order valence-electron chi connectivity index (χ2n) is 5.04. The molecule has 90 valence electrons. The number of hydrogen-bond acceptors (Lipinski definition) is 2. The van der Waals surface area contributed by atoms with E-state index in [1.54, 1.807) is 18.3 Å². The molecular formula is C13H15ClN2O. The fourth-order valence-electron chi connectivity index (χ4n) is 2.31. The van der Waals surface area contributed by atoms with Gasteiger partial charge in [0.15, 0.2) is 0 Å². The fraction of sp³-hybridized carbons (Fsp3) is 0.538. The van der Waals surface area contributed by atoms with Gasteiger partial charge in [-0.2, -0.15) is 0 Å². The van der Waals surface area contributed by atoms with Crippen LogP contribution in [0.5, 0.6) is 0 Å². The zero-order valence-corrected chi connectivity index (χ0v) is 10.3. The molecule has 1 aromatic heterocycles. The molecule has 0 spiro atoms. The molecule has 4 heteroatoms. The van der Waals surface area contributed by atoms with Crippen LogP contribution in [0.15, 0.2) is 18.3 Å². The van der Waals surface area contributed by atoms with Crippen molar-refractivity contribution in [3.63, 3.8) is 0 Å². The van der Waals surface area contributed by atoms with Crippen LogP contribution in [0.3, 0.4) is 0 Å². The van der Waals surface area contributed by atoms with Gasteiger partial charge >= 0.3 is 0 Å². The minimum absolute atomic E-state index is 0.0156. The van der Waals surface area contributed by atoms with E-state index in [1.165, 1.54) is 25.7 Å². The molecule has 1 amide bonds. The normalized spacial score (nSPS) is 19.4. The highest BCUT2D eigenvalue weighted by atomic mass is 35.5. The average molecular weight is 251 g/mol. The van der Waals surface area contributed by atoms with Gasteiger partial charge in [0, 0.05) is 17.8 Å². The Morgan fingerprint density at radius 2 is 2.00 bits per heavy atom. The molecule has 0 aromatic carbocycles. The molecule has 17 heavy (non-hydrogen) atoms. The summed E-state index contributed by atoms with van der Waals surface area (Å²) in [7, 11) is 0. The van der Waals surface area contributed by atoms with Crippen LogP contribution in [0.2, 0.25) is 5.15 Å². The molecule has 1 aromatic rings. The Kier molecular flexibility index (Phi) is 2.79. The maximum Gasteiger partial charge on any atom is 0.251 e. The second kappa shape index (κ2) is 4.30. The zero-order valence-electron chi connectivity index (χ0n) is 9.53. The summed E-state index contributed by atoms with van der Waals surface area (Å²) in [6, 6.07) is 3.71. The van der Waals surface area contributed by atoms with Crippen LogP contribution < -0.4 is 5.32 Å². The summed E-state index contributed by atoms with van der Waals surface area (Å²) in [6.07, 6.45) is 6.62. The van der Waals surface area contributed by atoms with Crippen molar-refractivity contribution in [2.24, 2.45) is 11.8 Å². The zero-order chi connectivity index (χ0) is 11.8. The van der Waals surface area contributed by atoms with E-state index in [4.69, 9.17) is 11.6 Å². The fourth-order valence-corrected chi connectivity index (χ4v) is 2.48. The molecule has 3 nitrogen and oxygen atoms in total. The summed E-state index contributed by atoms with van der Waals surface area (Å²) >= 11 is 5.78. The maximum atomic E-state index is 12.1. The minimum Gasteiger partial charge on any atom is -0.349 e. The van der Waals surface area contributed by atoms with E-state index < -0.39 is 0 Å². The summed E-state index contributed by atoms with van der Waals surface area (Å²) in [5.74, 6) is 1.41. The highest BCUT2D eigenvalue weighted by Crippen LogP contribution is 2.44. The highest BCUT2D eigenvalue weighted by Gasteiger charge is 2.42. The summed E-state index contributed by atoms with van der Waals surface area (Å²) in [4.78, 5) is 16.0. The van der Waals surface area contributed by atoms with Crippen molar-refractivity contribution >= 4 is 17.5 Å². The van der Waals surface area contributed by atoms with Crippen molar-refractivity contribution in [1.29, 1.82) is 0 Å². The number of rotatable bonds is 4. The van der Waals surface area contributed by atoms with Gasteiger partial charge in [-0.15, -0.1) is 0 Å². The molecule has 1 N–H and O–H groups in total. The van der Waals surface area contributed by atoms with E-state index in [0.29, 0.717) is 28.6 Å². The largest absolute Gasteiger partial charge is 0.349 e. The highest BCUT2D eigenvalue weighted by molar-refractivity contribution is 6.29. The van der Waals surface area contributed by atoms with Gasteiger partial charge < -0.3 is 5.32 Å². The lowest BCUT2D eigenvalue weighted by atomic mass is 10.1. The van der Waals surface area contributed by atoms with Gasteiger partial charge in [0.05, 0.1) is 0 Å².